The maximum Gasteiger partial charge on any atom is 0.208 e. The predicted octanol–water partition coefficient (Wildman–Crippen LogP) is 7.16. The molecule has 36 heavy (non-hydrogen) atoms. The van der Waals surface area contributed by atoms with Gasteiger partial charge < -0.3 is 15.2 Å². The minimum atomic E-state index is 0.460. The number of anilines is 2. The van der Waals surface area contributed by atoms with Crippen molar-refractivity contribution in [3.8, 4) is 0 Å². The van der Waals surface area contributed by atoms with Crippen LogP contribution in [0.4, 0.5) is 11.6 Å². The average molecular weight is 490 g/mol. The van der Waals surface area contributed by atoms with Gasteiger partial charge in [0.05, 0.1) is 11.0 Å². The van der Waals surface area contributed by atoms with Crippen molar-refractivity contribution in [3.05, 3.63) is 53.6 Å². The first kappa shape index (κ1) is 26.7. The summed E-state index contributed by atoms with van der Waals surface area (Å²) in [4.78, 5) is 7.74. The lowest BCUT2D eigenvalue weighted by molar-refractivity contribution is 0.236. The number of imidazole rings is 1. The lowest BCUT2D eigenvalue weighted by Crippen LogP contribution is -2.30. The molecule has 1 saturated heterocycles. The Morgan fingerprint density at radius 3 is 2.19 bits per heavy atom. The highest BCUT2D eigenvalue weighted by molar-refractivity contribution is 5.80. The van der Waals surface area contributed by atoms with Crippen molar-refractivity contribution in [2.24, 2.45) is 11.8 Å². The quantitative estimate of drug-likeness (QED) is 0.283. The number of rotatable bonds is 12. The number of hydrogen-bond donors (Lipinski definition) is 2. The summed E-state index contributed by atoms with van der Waals surface area (Å²) in [6, 6.07) is 16.2. The predicted molar refractivity (Wildman–Crippen MR) is 154 cm³/mol. The van der Waals surface area contributed by atoms with E-state index in [1.165, 1.54) is 29.5 Å². The first-order valence-corrected chi connectivity index (χ1v) is 14.2. The van der Waals surface area contributed by atoms with E-state index >= 15 is 0 Å². The second-order valence-electron chi connectivity index (χ2n) is 11.4. The molecule has 2 heterocycles. The topological polar surface area (TPSA) is 45.1 Å². The van der Waals surface area contributed by atoms with Crippen LogP contribution in [0.2, 0.25) is 0 Å². The summed E-state index contributed by atoms with van der Waals surface area (Å²) in [5.41, 5.74) is 6.20. The Bertz CT molecular complexity index is 1060. The highest BCUT2D eigenvalue weighted by atomic mass is 15.2. The van der Waals surface area contributed by atoms with E-state index in [-0.39, 0.29) is 0 Å². The molecule has 5 nitrogen and oxygen atoms in total. The van der Waals surface area contributed by atoms with Crippen molar-refractivity contribution in [2.45, 2.75) is 79.3 Å². The zero-order valence-electron chi connectivity index (χ0n) is 23.2. The minimum Gasteiger partial charge on any atom is -0.326 e. The molecule has 3 aromatic rings. The van der Waals surface area contributed by atoms with Crippen LogP contribution in [0.5, 0.6) is 0 Å². The number of nitrogens with zero attached hydrogens (tertiary/aromatic N) is 3. The van der Waals surface area contributed by atoms with Crippen molar-refractivity contribution in [2.75, 3.05) is 31.5 Å². The molecule has 5 heteroatoms. The van der Waals surface area contributed by atoms with Crippen molar-refractivity contribution >= 4 is 22.7 Å². The molecule has 1 aliphatic rings. The Hall–Kier alpha value is -2.37. The molecule has 1 aromatic heterocycles. The number of aryl methyl sites for hydroxylation is 1. The summed E-state index contributed by atoms with van der Waals surface area (Å²) in [5.74, 6) is 2.43. The zero-order valence-corrected chi connectivity index (χ0v) is 23.2. The van der Waals surface area contributed by atoms with Gasteiger partial charge in [0, 0.05) is 18.3 Å². The molecule has 4 rings (SSSR count). The SMILES string of the molecule is CCc1ccc(Nc2nc3ccc(CN(CCC(C)C)CCC(C)C)cc3n2C2CCNCC2)cc1. The molecule has 2 N–H and O–H groups in total. The first-order chi connectivity index (χ1) is 17.4. The number of benzene rings is 2. The van der Waals surface area contributed by atoms with E-state index in [1.54, 1.807) is 0 Å². The van der Waals surface area contributed by atoms with Crippen LogP contribution < -0.4 is 10.6 Å². The third kappa shape index (κ3) is 7.10. The van der Waals surface area contributed by atoms with Crippen LogP contribution in [-0.2, 0) is 13.0 Å². The van der Waals surface area contributed by atoms with Gasteiger partial charge >= 0.3 is 0 Å². The van der Waals surface area contributed by atoms with Crippen LogP contribution in [0, 0.1) is 11.8 Å². The summed E-state index contributed by atoms with van der Waals surface area (Å²) in [7, 11) is 0. The Morgan fingerprint density at radius 1 is 0.944 bits per heavy atom. The second kappa shape index (κ2) is 12.7. The van der Waals surface area contributed by atoms with Crippen molar-refractivity contribution in [1.82, 2.24) is 19.8 Å². The number of nitrogens with one attached hydrogen (secondary N) is 2. The van der Waals surface area contributed by atoms with Gasteiger partial charge in [0.1, 0.15) is 0 Å². The van der Waals surface area contributed by atoms with Gasteiger partial charge in [0.2, 0.25) is 5.95 Å². The molecule has 0 bridgehead atoms. The van der Waals surface area contributed by atoms with Gasteiger partial charge in [-0.3, -0.25) is 4.90 Å². The maximum absolute atomic E-state index is 5.08. The van der Waals surface area contributed by atoms with Gasteiger partial charge in [-0.05, 0) is 106 Å². The molecule has 0 saturated carbocycles. The normalized spacial score (nSPS) is 15.0. The van der Waals surface area contributed by atoms with Crippen molar-refractivity contribution in [1.29, 1.82) is 0 Å². The zero-order chi connectivity index (χ0) is 25.5. The van der Waals surface area contributed by atoms with E-state index in [0.717, 1.165) is 81.0 Å². The van der Waals surface area contributed by atoms with Gasteiger partial charge in [0.15, 0.2) is 0 Å². The second-order valence-corrected chi connectivity index (χ2v) is 11.4. The molecule has 0 aliphatic carbocycles. The van der Waals surface area contributed by atoms with Gasteiger partial charge in [-0.15, -0.1) is 0 Å². The van der Waals surface area contributed by atoms with Gasteiger partial charge in [-0.2, -0.15) is 0 Å². The fraction of sp³-hybridized carbons (Fsp3) is 0.581. The van der Waals surface area contributed by atoms with Crippen LogP contribution in [-0.4, -0.2) is 40.6 Å². The molecule has 0 amide bonds. The fourth-order valence-electron chi connectivity index (χ4n) is 5.12. The van der Waals surface area contributed by atoms with E-state index < -0.39 is 0 Å². The Morgan fingerprint density at radius 2 is 1.58 bits per heavy atom. The van der Waals surface area contributed by atoms with Gasteiger partial charge in [-0.1, -0.05) is 52.8 Å². The van der Waals surface area contributed by atoms with E-state index in [9.17, 15) is 0 Å². The van der Waals surface area contributed by atoms with E-state index in [2.05, 4.69) is 97.2 Å². The molecule has 2 aromatic carbocycles. The van der Waals surface area contributed by atoms with Gasteiger partial charge in [0.25, 0.3) is 0 Å². The summed E-state index contributed by atoms with van der Waals surface area (Å²) < 4.78 is 2.49. The van der Waals surface area contributed by atoms with Crippen molar-refractivity contribution in [3.63, 3.8) is 0 Å². The molecule has 1 aliphatic heterocycles. The molecule has 0 spiro atoms. The summed E-state index contributed by atoms with van der Waals surface area (Å²) >= 11 is 0. The Balaban J connectivity index is 1.63. The summed E-state index contributed by atoms with van der Waals surface area (Å²) in [6.07, 6.45) is 5.82. The smallest absolute Gasteiger partial charge is 0.208 e. The monoisotopic (exact) mass is 489 g/mol. The molecule has 0 atom stereocenters. The lowest BCUT2D eigenvalue weighted by Gasteiger charge is -2.27. The van der Waals surface area contributed by atoms with E-state index in [0.29, 0.717) is 6.04 Å². The third-order valence-electron chi connectivity index (χ3n) is 7.50. The van der Waals surface area contributed by atoms with Crippen LogP contribution in [0.3, 0.4) is 0 Å². The standard InChI is InChI=1S/C31H47N5/c1-6-25-7-10-27(11-8-25)33-31-34-29-12-9-26(21-30(29)36(31)28-13-17-32-18-14-28)22-35(19-15-23(2)3)20-16-24(4)5/h7-12,21,23-24,28,32H,6,13-20,22H2,1-5H3,(H,33,34). The summed E-state index contributed by atoms with van der Waals surface area (Å²) in [5, 5.41) is 7.19. The van der Waals surface area contributed by atoms with Crippen LogP contribution in [0.15, 0.2) is 42.5 Å². The number of fused-ring (bicyclic) bond motifs is 1. The Kier molecular flexibility index (Phi) is 9.44. The van der Waals surface area contributed by atoms with E-state index in [1.807, 2.05) is 0 Å². The number of aromatic nitrogens is 2. The number of hydrogen-bond acceptors (Lipinski definition) is 4. The maximum atomic E-state index is 5.08. The molecule has 1 fully saturated rings. The Labute approximate surface area is 218 Å². The van der Waals surface area contributed by atoms with Crippen LogP contribution in [0.1, 0.15) is 77.5 Å². The minimum absolute atomic E-state index is 0.460. The largest absolute Gasteiger partial charge is 0.326 e. The molecular formula is C31H47N5. The lowest BCUT2D eigenvalue weighted by atomic mass is 10.1. The van der Waals surface area contributed by atoms with E-state index in [4.69, 9.17) is 4.98 Å². The highest BCUT2D eigenvalue weighted by Gasteiger charge is 2.22. The first-order valence-electron chi connectivity index (χ1n) is 14.2. The number of piperidine rings is 1. The highest BCUT2D eigenvalue weighted by Crippen LogP contribution is 2.32. The van der Waals surface area contributed by atoms with Crippen LogP contribution >= 0.6 is 0 Å². The van der Waals surface area contributed by atoms with Crippen molar-refractivity contribution < 1.29 is 0 Å². The average Bonchev–Trinajstić information content (AvgIpc) is 3.23. The van der Waals surface area contributed by atoms with Gasteiger partial charge in [-0.25, -0.2) is 4.98 Å². The third-order valence-corrected chi connectivity index (χ3v) is 7.50. The fourth-order valence-corrected chi connectivity index (χ4v) is 5.12. The molecule has 0 unspecified atom stereocenters. The van der Waals surface area contributed by atoms with Crippen LogP contribution in [0.25, 0.3) is 11.0 Å². The molecule has 0 radical (unpaired) electrons. The molecule has 196 valence electrons. The molecular weight excluding hydrogens is 442 g/mol. The summed E-state index contributed by atoms with van der Waals surface area (Å²) in [6.45, 7) is 17.0.